The van der Waals surface area contributed by atoms with Gasteiger partial charge in [0.15, 0.2) is 0 Å². The lowest BCUT2D eigenvalue weighted by molar-refractivity contribution is 0.100. The number of amides is 1. The maximum Gasteiger partial charge on any atom is 0.251 e. The molecule has 1 aliphatic rings. The number of fused-ring (bicyclic) bond motifs is 2. The van der Waals surface area contributed by atoms with E-state index >= 15 is 0 Å². The molecule has 0 aliphatic carbocycles. The van der Waals surface area contributed by atoms with Crippen LogP contribution >= 0.6 is 15.9 Å². The smallest absolute Gasteiger partial charge is 0.251 e. The Morgan fingerprint density at radius 1 is 1.07 bits per heavy atom. The van der Waals surface area contributed by atoms with E-state index in [0.717, 1.165) is 37.9 Å². The first-order valence-corrected chi connectivity index (χ1v) is 9.35. The minimum absolute atomic E-state index is 0.0992. The Kier molecular flexibility index (Phi) is 3.55. The number of halogens is 1. The highest BCUT2D eigenvalue weighted by atomic mass is 79.9. The molecule has 3 N–H and O–H groups in total. The maximum absolute atomic E-state index is 12.2. The number of carbonyl (C=O) groups excluding carboxylic acids is 1. The summed E-state index contributed by atoms with van der Waals surface area (Å²) in [5.74, 6) is -0.485. The molecule has 0 radical (unpaired) electrons. The lowest BCUT2D eigenvalue weighted by Crippen LogP contribution is -2.14. The van der Waals surface area contributed by atoms with Crippen LogP contribution in [-0.4, -0.2) is 15.5 Å². The number of benzene rings is 2. The molecule has 6 heteroatoms. The molecule has 2 aromatic heterocycles. The van der Waals surface area contributed by atoms with E-state index in [-0.39, 0.29) is 6.04 Å². The molecular formula is C21H15BrN4O. The van der Waals surface area contributed by atoms with Crippen LogP contribution in [0.2, 0.25) is 0 Å². The molecule has 1 aliphatic heterocycles. The average molecular weight is 419 g/mol. The van der Waals surface area contributed by atoms with Crippen LogP contribution in [0.15, 0.2) is 71.5 Å². The highest BCUT2D eigenvalue weighted by Gasteiger charge is 2.29. The molecule has 0 saturated heterocycles. The molecule has 2 aromatic carbocycles. The zero-order chi connectivity index (χ0) is 18.5. The van der Waals surface area contributed by atoms with Gasteiger partial charge in [-0.3, -0.25) is 4.79 Å². The third kappa shape index (κ3) is 2.37. The zero-order valence-electron chi connectivity index (χ0n) is 14.2. The summed E-state index contributed by atoms with van der Waals surface area (Å²) in [6.07, 6.45) is 3.46. The van der Waals surface area contributed by atoms with E-state index in [4.69, 9.17) is 5.73 Å². The molecule has 5 rings (SSSR count). The van der Waals surface area contributed by atoms with Crippen LogP contribution in [0.1, 0.15) is 27.5 Å². The largest absolute Gasteiger partial charge is 0.374 e. The second-order valence-corrected chi connectivity index (χ2v) is 7.36. The molecule has 1 atom stereocenters. The summed E-state index contributed by atoms with van der Waals surface area (Å²) < 4.78 is 2.83. The summed E-state index contributed by atoms with van der Waals surface area (Å²) in [6.45, 7) is 0. The topological polar surface area (TPSA) is 72.4 Å². The Labute approximate surface area is 163 Å². The summed E-state index contributed by atoms with van der Waals surface area (Å²) in [6, 6.07) is 18.0. The van der Waals surface area contributed by atoms with Crippen LogP contribution in [0.4, 0.5) is 5.69 Å². The molecule has 3 heterocycles. The zero-order valence-corrected chi connectivity index (χ0v) is 15.8. The van der Waals surface area contributed by atoms with Crippen molar-refractivity contribution in [2.24, 2.45) is 5.73 Å². The predicted octanol–water partition coefficient (Wildman–Crippen LogP) is 4.38. The third-order valence-corrected chi connectivity index (χ3v) is 5.73. The second-order valence-electron chi connectivity index (χ2n) is 6.51. The standard InChI is InChI=1S/C21H15BrN4O/c22-16-7-3-1-5-12(16)19-14-9-10-26-20(14)18(15(11-24-26)21(23)27)13-6-2-4-8-17(13)25-19/h1-11,19,25H,(H2,23,27). The Hall–Kier alpha value is -3.12. The molecule has 0 fully saturated rings. The molecule has 1 amide bonds. The van der Waals surface area contributed by atoms with Gasteiger partial charge in [-0.25, -0.2) is 4.52 Å². The van der Waals surface area contributed by atoms with Crippen molar-refractivity contribution < 1.29 is 4.79 Å². The molecule has 1 unspecified atom stereocenters. The number of nitrogens with zero attached hydrogens (tertiary/aromatic N) is 2. The van der Waals surface area contributed by atoms with Crippen LogP contribution in [0.25, 0.3) is 16.6 Å². The van der Waals surface area contributed by atoms with Crippen molar-refractivity contribution in [3.63, 3.8) is 0 Å². The summed E-state index contributed by atoms with van der Waals surface area (Å²) in [5, 5.41) is 8.06. The number of rotatable bonds is 2. The van der Waals surface area contributed by atoms with Gasteiger partial charge in [0.1, 0.15) is 0 Å². The van der Waals surface area contributed by atoms with E-state index in [0.29, 0.717) is 5.56 Å². The predicted molar refractivity (Wildman–Crippen MR) is 109 cm³/mol. The highest BCUT2D eigenvalue weighted by molar-refractivity contribution is 9.10. The van der Waals surface area contributed by atoms with Gasteiger partial charge in [0.2, 0.25) is 0 Å². The van der Waals surface area contributed by atoms with Crippen LogP contribution < -0.4 is 11.1 Å². The lowest BCUT2D eigenvalue weighted by Gasteiger charge is -2.20. The fourth-order valence-electron chi connectivity index (χ4n) is 3.81. The first kappa shape index (κ1) is 16.1. The number of nitrogens with two attached hydrogens (primary N) is 1. The minimum atomic E-state index is -0.485. The van der Waals surface area contributed by atoms with Gasteiger partial charge in [-0.2, -0.15) is 5.10 Å². The number of anilines is 1. The number of nitrogens with one attached hydrogen (secondary N) is 1. The van der Waals surface area contributed by atoms with Gasteiger partial charge in [-0.05, 0) is 23.8 Å². The Morgan fingerprint density at radius 3 is 2.67 bits per heavy atom. The lowest BCUT2D eigenvalue weighted by atomic mass is 9.96. The van der Waals surface area contributed by atoms with Crippen molar-refractivity contribution in [1.29, 1.82) is 0 Å². The molecule has 5 nitrogen and oxygen atoms in total. The van der Waals surface area contributed by atoms with E-state index in [2.05, 4.69) is 32.4 Å². The van der Waals surface area contributed by atoms with Crippen molar-refractivity contribution in [3.05, 3.63) is 88.2 Å². The monoisotopic (exact) mass is 418 g/mol. The third-order valence-electron chi connectivity index (χ3n) is 5.00. The first-order valence-electron chi connectivity index (χ1n) is 8.55. The van der Waals surface area contributed by atoms with Crippen molar-refractivity contribution in [3.8, 4) is 11.1 Å². The van der Waals surface area contributed by atoms with E-state index in [1.807, 2.05) is 59.2 Å². The summed E-state index contributed by atoms with van der Waals surface area (Å²) in [5.41, 5.74) is 11.9. The quantitative estimate of drug-likeness (QED) is 0.507. The van der Waals surface area contributed by atoms with Crippen molar-refractivity contribution >= 4 is 33.0 Å². The number of primary amides is 1. The Balaban J connectivity index is 1.92. The molecular weight excluding hydrogens is 404 g/mol. The number of hydrogen-bond donors (Lipinski definition) is 2. The highest BCUT2D eigenvalue weighted by Crippen LogP contribution is 2.44. The van der Waals surface area contributed by atoms with Gasteiger partial charge in [-0.15, -0.1) is 0 Å². The van der Waals surface area contributed by atoms with Crippen molar-refractivity contribution in [2.45, 2.75) is 6.04 Å². The fraction of sp³-hybridized carbons (Fsp3) is 0.0476. The van der Waals surface area contributed by atoms with Crippen LogP contribution in [0, 0.1) is 0 Å². The van der Waals surface area contributed by atoms with Gasteiger partial charge >= 0.3 is 0 Å². The second kappa shape index (κ2) is 5.96. The Bertz CT molecular complexity index is 1210. The van der Waals surface area contributed by atoms with Crippen LogP contribution in [0.3, 0.4) is 0 Å². The number of hydrogen-bond acceptors (Lipinski definition) is 3. The van der Waals surface area contributed by atoms with Crippen LogP contribution in [0.5, 0.6) is 0 Å². The summed E-state index contributed by atoms with van der Waals surface area (Å²) in [7, 11) is 0. The SMILES string of the molecule is NC(=O)c1cnn2ccc3c2c1-c1ccccc1NC3c1ccccc1Br. The molecule has 132 valence electrons. The first-order chi connectivity index (χ1) is 13.1. The van der Waals surface area contributed by atoms with Crippen LogP contribution in [-0.2, 0) is 0 Å². The maximum atomic E-state index is 12.2. The summed E-state index contributed by atoms with van der Waals surface area (Å²) in [4.78, 5) is 12.2. The van der Waals surface area contributed by atoms with Crippen molar-refractivity contribution in [2.75, 3.05) is 5.32 Å². The number of carbonyl (C=O) groups is 1. The minimum Gasteiger partial charge on any atom is -0.374 e. The van der Waals surface area contributed by atoms with Gasteiger partial charge in [0.25, 0.3) is 5.91 Å². The average Bonchev–Trinajstić information content (AvgIpc) is 3.04. The van der Waals surface area contributed by atoms with Gasteiger partial charge in [0, 0.05) is 33.0 Å². The Morgan fingerprint density at radius 2 is 1.85 bits per heavy atom. The molecule has 0 spiro atoms. The normalized spacial score (nSPS) is 15.1. The summed E-state index contributed by atoms with van der Waals surface area (Å²) >= 11 is 3.67. The van der Waals surface area contributed by atoms with Gasteiger partial charge in [0.05, 0.1) is 23.3 Å². The van der Waals surface area contributed by atoms with E-state index < -0.39 is 5.91 Å². The van der Waals surface area contributed by atoms with E-state index in [1.54, 1.807) is 6.20 Å². The van der Waals surface area contributed by atoms with Gasteiger partial charge in [-0.1, -0.05) is 52.3 Å². The van der Waals surface area contributed by atoms with Crippen molar-refractivity contribution in [1.82, 2.24) is 9.61 Å². The van der Waals surface area contributed by atoms with E-state index in [9.17, 15) is 4.79 Å². The van der Waals surface area contributed by atoms with Gasteiger partial charge < -0.3 is 11.1 Å². The molecule has 0 saturated carbocycles. The molecule has 4 aromatic rings. The number of aromatic nitrogens is 2. The van der Waals surface area contributed by atoms with E-state index in [1.165, 1.54) is 0 Å². The fourth-order valence-corrected chi connectivity index (χ4v) is 4.32. The number of para-hydroxylation sites is 1. The molecule has 0 bridgehead atoms. The molecule has 27 heavy (non-hydrogen) atoms.